The maximum atomic E-state index is 12.2. The number of nitrogens with one attached hydrogen (secondary N) is 2. The van der Waals surface area contributed by atoms with Crippen molar-refractivity contribution in [2.24, 2.45) is 0 Å². The molecule has 162 valence electrons. The highest BCUT2D eigenvalue weighted by molar-refractivity contribution is 7.88. The van der Waals surface area contributed by atoms with Crippen molar-refractivity contribution < 1.29 is 17.9 Å². The van der Waals surface area contributed by atoms with Gasteiger partial charge < -0.3 is 10.1 Å². The van der Waals surface area contributed by atoms with Gasteiger partial charge in [-0.1, -0.05) is 60.7 Å². The molecule has 6 nitrogen and oxygen atoms in total. The molecule has 2 N–H and O–H groups in total. The lowest BCUT2D eigenvalue weighted by Gasteiger charge is -2.12. The second kappa shape index (κ2) is 10.7. The summed E-state index contributed by atoms with van der Waals surface area (Å²) in [7, 11) is -3.30. The maximum absolute atomic E-state index is 12.2. The van der Waals surface area contributed by atoms with Gasteiger partial charge in [-0.3, -0.25) is 4.79 Å². The van der Waals surface area contributed by atoms with Gasteiger partial charge in [0.05, 0.1) is 12.7 Å². The Morgan fingerprint density at radius 2 is 1.55 bits per heavy atom. The van der Waals surface area contributed by atoms with Gasteiger partial charge in [0.2, 0.25) is 15.9 Å². The lowest BCUT2D eigenvalue weighted by molar-refractivity contribution is -0.120. The number of carbonyl (C=O) groups excluding carboxylic acids is 1. The molecule has 0 aliphatic carbocycles. The van der Waals surface area contributed by atoms with Crippen molar-refractivity contribution in [3.8, 4) is 11.5 Å². The molecule has 1 amide bonds. The van der Waals surface area contributed by atoms with E-state index < -0.39 is 10.0 Å². The van der Waals surface area contributed by atoms with E-state index in [4.69, 9.17) is 4.74 Å². The summed E-state index contributed by atoms with van der Waals surface area (Å²) in [6, 6.07) is 24.6. The molecular formula is C24H26N2O4S. The van der Waals surface area contributed by atoms with Crippen molar-refractivity contribution in [1.29, 1.82) is 0 Å². The van der Waals surface area contributed by atoms with Crippen LogP contribution in [0.15, 0.2) is 78.9 Å². The molecule has 0 aliphatic rings. The molecule has 0 heterocycles. The van der Waals surface area contributed by atoms with Gasteiger partial charge in [0.15, 0.2) is 0 Å². The third-order valence-corrected chi connectivity index (χ3v) is 5.26. The number of amides is 1. The fraction of sp³-hybridized carbons (Fsp3) is 0.208. The van der Waals surface area contributed by atoms with Gasteiger partial charge in [0.25, 0.3) is 0 Å². The van der Waals surface area contributed by atoms with Gasteiger partial charge in [0, 0.05) is 18.7 Å². The Morgan fingerprint density at radius 1 is 0.871 bits per heavy atom. The van der Waals surface area contributed by atoms with Crippen LogP contribution in [-0.2, 0) is 34.2 Å². The predicted octanol–water partition coefficient (Wildman–Crippen LogP) is 3.43. The first-order valence-corrected chi connectivity index (χ1v) is 11.9. The molecule has 0 bridgehead atoms. The van der Waals surface area contributed by atoms with E-state index in [0.717, 1.165) is 23.8 Å². The molecule has 0 spiro atoms. The van der Waals surface area contributed by atoms with Crippen LogP contribution in [0.5, 0.6) is 11.5 Å². The van der Waals surface area contributed by atoms with Gasteiger partial charge >= 0.3 is 0 Å². The summed E-state index contributed by atoms with van der Waals surface area (Å²) < 4.78 is 31.1. The lowest BCUT2D eigenvalue weighted by atomic mass is 10.1. The third kappa shape index (κ3) is 7.88. The maximum Gasteiger partial charge on any atom is 0.224 e. The molecule has 7 heteroatoms. The van der Waals surface area contributed by atoms with Crippen molar-refractivity contribution in [3.05, 3.63) is 95.6 Å². The molecule has 0 fully saturated rings. The normalized spacial score (nSPS) is 11.1. The minimum Gasteiger partial charge on any atom is -0.457 e. The number of carbonyl (C=O) groups is 1. The van der Waals surface area contributed by atoms with Crippen molar-refractivity contribution in [3.63, 3.8) is 0 Å². The second-order valence-electron chi connectivity index (χ2n) is 7.21. The summed E-state index contributed by atoms with van der Waals surface area (Å²) in [5.41, 5.74) is 2.81. The van der Waals surface area contributed by atoms with Crippen LogP contribution < -0.4 is 14.8 Å². The molecule has 0 atom stereocenters. The minimum atomic E-state index is -3.30. The molecule has 0 aliphatic heterocycles. The Hall–Kier alpha value is -3.16. The fourth-order valence-electron chi connectivity index (χ4n) is 3.00. The van der Waals surface area contributed by atoms with Crippen LogP contribution in [0.2, 0.25) is 0 Å². The van der Waals surface area contributed by atoms with Crippen molar-refractivity contribution in [1.82, 2.24) is 10.0 Å². The van der Waals surface area contributed by atoms with E-state index in [0.29, 0.717) is 24.5 Å². The Morgan fingerprint density at radius 3 is 2.26 bits per heavy atom. The largest absolute Gasteiger partial charge is 0.457 e. The van der Waals surface area contributed by atoms with E-state index in [1.54, 1.807) is 18.2 Å². The van der Waals surface area contributed by atoms with Crippen LogP contribution in [-0.4, -0.2) is 27.1 Å². The van der Waals surface area contributed by atoms with E-state index in [1.807, 2.05) is 60.7 Å². The molecule has 3 aromatic rings. The summed E-state index contributed by atoms with van der Waals surface area (Å²) >= 11 is 0. The first-order chi connectivity index (χ1) is 14.9. The number of rotatable bonds is 10. The highest BCUT2D eigenvalue weighted by atomic mass is 32.2. The third-order valence-electron chi connectivity index (χ3n) is 4.59. The summed E-state index contributed by atoms with van der Waals surface area (Å²) in [5.74, 6) is 1.16. The topological polar surface area (TPSA) is 84.5 Å². The van der Waals surface area contributed by atoms with E-state index in [-0.39, 0.29) is 12.5 Å². The van der Waals surface area contributed by atoms with Gasteiger partial charge in [-0.2, -0.15) is 0 Å². The molecule has 0 aromatic heterocycles. The quantitative estimate of drug-likeness (QED) is 0.508. The number of hydrogen-bond donors (Lipinski definition) is 2. The number of hydrogen-bond acceptors (Lipinski definition) is 4. The summed E-state index contributed by atoms with van der Waals surface area (Å²) in [6.07, 6.45) is 2.21. The van der Waals surface area contributed by atoms with Gasteiger partial charge in [-0.15, -0.1) is 0 Å². The zero-order chi connectivity index (χ0) is 22.1. The van der Waals surface area contributed by atoms with Gasteiger partial charge in [-0.05, 0) is 35.7 Å². The standard InChI is InChI=1S/C24H26N2O4S/c1-31(28,29)26-18-21-9-5-6-10-23(21)30-22-13-11-20(12-14-22)17-24(27)25-16-15-19-7-3-2-4-8-19/h2-14,26H,15-18H2,1H3,(H,25,27). The van der Waals surface area contributed by atoms with E-state index >= 15 is 0 Å². The molecule has 3 aromatic carbocycles. The van der Waals surface area contributed by atoms with Crippen LogP contribution in [0.3, 0.4) is 0 Å². The van der Waals surface area contributed by atoms with Crippen LogP contribution >= 0.6 is 0 Å². The van der Waals surface area contributed by atoms with Crippen molar-refractivity contribution in [2.75, 3.05) is 12.8 Å². The highest BCUT2D eigenvalue weighted by Crippen LogP contribution is 2.25. The Labute approximate surface area is 183 Å². The average molecular weight is 439 g/mol. The minimum absolute atomic E-state index is 0.0261. The molecule has 3 rings (SSSR count). The van der Waals surface area contributed by atoms with Crippen molar-refractivity contribution in [2.45, 2.75) is 19.4 Å². The highest BCUT2D eigenvalue weighted by Gasteiger charge is 2.08. The Bertz CT molecular complexity index is 1100. The Kier molecular flexibility index (Phi) is 7.81. The average Bonchev–Trinajstić information content (AvgIpc) is 2.75. The monoisotopic (exact) mass is 438 g/mol. The second-order valence-corrected chi connectivity index (χ2v) is 9.04. The van der Waals surface area contributed by atoms with E-state index in [9.17, 15) is 13.2 Å². The van der Waals surface area contributed by atoms with E-state index in [2.05, 4.69) is 10.0 Å². The fourth-order valence-corrected chi connectivity index (χ4v) is 3.42. The lowest BCUT2D eigenvalue weighted by Crippen LogP contribution is -2.27. The number of sulfonamides is 1. The number of ether oxygens (including phenoxy) is 1. The van der Waals surface area contributed by atoms with Crippen LogP contribution in [0.4, 0.5) is 0 Å². The number of benzene rings is 3. The van der Waals surface area contributed by atoms with E-state index in [1.165, 1.54) is 5.56 Å². The molecule has 0 saturated heterocycles. The SMILES string of the molecule is CS(=O)(=O)NCc1ccccc1Oc1ccc(CC(=O)NCCc2ccccc2)cc1. The molecular weight excluding hydrogens is 412 g/mol. The van der Waals surface area contributed by atoms with Crippen LogP contribution in [0.1, 0.15) is 16.7 Å². The number of para-hydroxylation sites is 1. The summed E-state index contributed by atoms with van der Waals surface area (Å²) in [5, 5.41) is 2.94. The zero-order valence-corrected chi connectivity index (χ0v) is 18.2. The van der Waals surface area contributed by atoms with Crippen molar-refractivity contribution >= 4 is 15.9 Å². The molecule has 0 saturated carbocycles. The smallest absolute Gasteiger partial charge is 0.224 e. The molecule has 0 radical (unpaired) electrons. The molecule has 0 unspecified atom stereocenters. The molecule has 31 heavy (non-hydrogen) atoms. The van der Waals surface area contributed by atoms with Crippen LogP contribution in [0, 0.1) is 0 Å². The zero-order valence-electron chi connectivity index (χ0n) is 17.4. The van der Waals surface area contributed by atoms with Gasteiger partial charge in [0.1, 0.15) is 11.5 Å². The first kappa shape index (κ1) is 22.5. The van der Waals surface area contributed by atoms with Crippen LogP contribution in [0.25, 0.3) is 0 Å². The van der Waals surface area contributed by atoms with Gasteiger partial charge in [-0.25, -0.2) is 13.1 Å². The predicted molar refractivity (Wildman–Crippen MR) is 122 cm³/mol. The Balaban J connectivity index is 1.52. The first-order valence-electron chi connectivity index (χ1n) is 9.99. The summed E-state index contributed by atoms with van der Waals surface area (Å²) in [4.78, 5) is 12.2. The summed E-state index contributed by atoms with van der Waals surface area (Å²) in [6.45, 7) is 0.749.